The van der Waals surface area contributed by atoms with Gasteiger partial charge in [-0.05, 0) is 36.4 Å². The van der Waals surface area contributed by atoms with Gasteiger partial charge < -0.3 is 5.32 Å². The molecule has 0 fully saturated rings. The predicted octanol–water partition coefficient (Wildman–Crippen LogP) is 4.89. The van der Waals surface area contributed by atoms with Gasteiger partial charge in [-0.1, -0.05) is 50.6 Å². The summed E-state index contributed by atoms with van der Waals surface area (Å²) in [5, 5.41) is 6.71. The second kappa shape index (κ2) is 7.22. The largest absolute Gasteiger partial charge is 0.347 e. The summed E-state index contributed by atoms with van der Waals surface area (Å²) >= 11 is 5.87. The van der Waals surface area contributed by atoms with Crippen LogP contribution in [0.25, 0.3) is 5.69 Å². The summed E-state index contributed by atoms with van der Waals surface area (Å²) in [6.45, 7) is 6.31. The van der Waals surface area contributed by atoms with Crippen LogP contribution in [0.5, 0.6) is 0 Å². The number of hydrogen-bond donors (Lipinski definition) is 2. The van der Waals surface area contributed by atoms with Gasteiger partial charge in [0.1, 0.15) is 0 Å². The van der Waals surface area contributed by atoms with Crippen LogP contribution in [0, 0.1) is 0 Å². The molecular weight excluding hydrogens is 348 g/mol. The lowest BCUT2D eigenvalue weighted by molar-refractivity contribution is 0.259. The molecule has 0 spiro atoms. The van der Waals surface area contributed by atoms with E-state index in [-0.39, 0.29) is 5.41 Å². The summed E-state index contributed by atoms with van der Waals surface area (Å²) in [6.07, 6.45) is 0. The molecule has 5 nitrogen and oxygen atoms in total. The number of aromatic nitrogens is 2. The lowest BCUT2D eigenvalue weighted by Gasteiger charge is -2.15. The minimum atomic E-state index is -0.448. The highest BCUT2D eigenvalue weighted by Gasteiger charge is 2.18. The van der Waals surface area contributed by atoms with Crippen LogP contribution in [-0.4, -0.2) is 15.8 Å². The average molecular weight is 369 g/mol. The number of nitrogens with zero attached hydrogens (tertiary/aromatic N) is 2. The van der Waals surface area contributed by atoms with E-state index in [1.54, 1.807) is 24.3 Å². The number of nitrogens with one attached hydrogen (secondary N) is 2. The quantitative estimate of drug-likeness (QED) is 0.664. The summed E-state index contributed by atoms with van der Waals surface area (Å²) in [7, 11) is 0. The molecule has 0 aliphatic rings. The molecule has 0 aliphatic carbocycles. The van der Waals surface area contributed by atoms with E-state index in [1.165, 1.54) is 0 Å². The highest BCUT2D eigenvalue weighted by atomic mass is 35.5. The zero-order chi connectivity index (χ0) is 18.7. The maximum Gasteiger partial charge on any atom is 0.347 e. The summed E-state index contributed by atoms with van der Waals surface area (Å²) in [5.74, 6) is 0. The van der Waals surface area contributed by atoms with Crippen molar-refractivity contribution in [2.75, 3.05) is 5.32 Å². The van der Waals surface area contributed by atoms with Crippen LogP contribution in [-0.2, 0) is 5.41 Å². The number of rotatable bonds is 2. The second-order valence-electron chi connectivity index (χ2n) is 7.00. The van der Waals surface area contributed by atoms with Gasteiger partial charge in [0.2, 0.25) is 0 Å². The molecule has 3 aromatic rings. The number of carbonyl (C=O) groups is 1. The van der Waals surface area contributed by atoms with Crippen molar-refractivity contribution in [2.45, 2.75) is 26.2 Å². The van der Waals surface area contributed by atoms with E-state index in [0.717, 1.165) is 11.4 Å². The van der Waals surface area contributed by atoms with Gasteiger partial charge in [0.05, 0.1) is 5.69 Å². The van der Waals surface area contributed by atoms with E-state index in [2.05, 4.69) is 36.2 Å². The Bertz CT molecular complexity index is 964. The Hall–Kier alpha value is -2.79. The Morgan fingerprint density at radius 1 is 1.08 bits per heavy atom. The summed E-state index contributed by atoms with van der Waals surface area (Å²) in [5.41, 5.74) is 2.96. The van der Waals surface area contributed by atoms with Gasteiger partial charge in [0, 0.05) is 27.9 Å². The minimum Gasteiger partial charge on any atom is -0.306 e. The molecule has 3 rings (SSSR count). The summed E-state index contributed by atoms with van der Waals surface area (Å²) in [4.78, 5) is 16.6. The Balaban J connectivity index is 1.99. The fourth-order valence-corrected chi connectivity index (χ4v) is 2.56. The third-order valence-corrected chi connectivity index (χ3v) is 4.12. The monoisotopic (exact) mass is 368 g/mol. The van der Waals surface area contributed by atoms with Gasteiger partial charge in [-0.25, -0.2) is 9.48 Å². The number of hydrogen-bond acceptors (Lipinski definition) is 1. The third kappa shape index (κ3) is 4.24. The lowest BCUT2D eigenvalue weighted by atomic mass is 9.93. The fourth-order valence-electron chi connectivity index (χ4n) is 2.43. The smallest absolute Gasteiger partial charge is 0.306 e. The van der Waals surface area contributed by atoms with Crippen LogP contribution in [0.3, 0.4) is 0 Å². The van der Waals surface area contributed by atoms with Crippen molar-refractivity contribution in [3.05, 3.63) is 76.9 Å². The molecule has 0 radical (unpaired) electrons. The van der Waals surface area contributed by atoms with E-state index in [1.807, 2.05) is 41.1 Å². The van der Waals surface area contributed by atoms with Gasteiger partial charge in [-0.2, -0.15) is 4.99 Å². The van der Waals surface area contributed by atoms with E-state index in [0.29, 0.717) is 16.2 Å². The van der Waals surface area contributed by atoms with Crippen LogP contribution in [0.15, 0.2) is 65.7 Å². The van der Waals surface area contributed by atoms with Crippen molar-refractivity contribution in [3.63, 3.8) is 0 Å². The van der Waals surface area contributed by atoms with Crippen LogP contribution < -0.4 is 10.8 Å². The zero-order valence-electron chi connectivity index (χ0n) is 15.0. The topological polar surface area (TPSA) is 62.2 Å². The first kappa shape index (κ1) is 18.0. The number of halogens is 1. The van der Waals surface area contributed by atoms with E-state index >= 15 is 0 Å². The molecule has 2 amide bonds. The number of benzene rings is 2. The van der Waals surface area contributed by atoms with Crippen molar-refractivity contribution in [2.24, 2.45) is 4.99 Å². The molecule has 0 unspecified atom stereocenters. The highest BCUT2D eigenvalue weighted by molar-refractivity contribution is 6.30. The average Bonchev–Trinajstić information content (AvgIpc) is 3.02. The molecule has 1 heterocycles. The van der Waals surface area contributed by atoms with Gasteiger partial charge >= 0.3 is 6.03 Å². The molecule has 0 saturated heterocycles. The third-order valence-electron chi connectivity index (χ3n) is 3.87. The molecule has 134 valence electrons. The van der Waals surface area contributed by atoms with Gasteiger partial charge in [0.15, 0.2) is 5.49 Å². The molecule has 6 heteroatoms. The first-order chi connectivity index (χ1) is 12.3. The number of urea groups is 1. The van der Waals surface area contributed by atoms with Crippen molar-refractivity contribution in [3.8, 4) is 5.69 Å². The first-order valence-corrected chi connectivity index (χ1v) is 8.70. The van der Waals surface area contributed by atoms with Crippen LogP contribution >= 0.6 is 11.6 Å². The number of aromatic amines is 1. The molecule has 26 heavy (non-hydrogen) atoms. The summed E-state index contributed by atoms with van der Waals surface area (Å²) < 4.78 is 1.81. The first-order valence-electron chi connectivity index (χ1n) is 8.32. The van der Waals surface area contributed by atoms with Gasteiger partial charge in [-0.15, -0.1) is 0 Å². The molecule has 0 bridgehead atoms. The van der Waals surface area contributed by atoms with Gasteiger partial charge in [0.25, 0.3) is 0 Å². The maximum absolute atomic E-state index is 12.4. The SMILES string of the molecule is CC(C)(C)c1cc(=NC(=O)Nc2ccc(Cl)cc2)n(-c2ccccc2)[nH]1. The number of anilines is 1. The normalized spacial score (nSPS) is 12.2. The standard InChI is InChI=1S/C20H21ClN4O/c1-20(2,3)17-13-18(25(24-17)16-7-5-4-6-8-16)23-19(26)22-15-11-9-14(21)10-12-15/h4-13,24H,1-3H3,(H,22,26). The van der Waals surface area contributed by atoms with E-state index in [4.69, 9.17) is 11.6 Å². The van der Waals surface area contributed by atoms with Crippen molar-refractivity contribution < 1.29 is 4.79 Å². The molecule has 1 aromatic heterocycles. The number of amides is 2. The van der Waals surface area contributed by atoms with Crippen LogP contribution in [0.2, 0.25) is 5.02 Å². The number of para-hydroxylation sites is 1. The minimum absolute atomic E-state index is 0.100. The Kier molecular flexibility index (Phi) is 5.00. The molecule has 0 aliphatic heterocycles. The Labute approximate surface area is 157 Å². The van der Waals surface area contributed by atoms with Crippen molar-refractivity contribution in [1.29, 1.82) is 0 Å². The fraction of sp³-hybridized carbons (Fsp3) is 0.200. The number of H-pyrrole nitrogens is 1. The Morgan fingerprint density at radius 2 is 1.73 bits per heavy atom. The molecular formula is C20H21ClN4O. The zero-order valence-corrected chi connectivity index (χ0v) is 15.7. The van der Waals surface area contributed by atoms with E-state index < -0.39 is 6.03 Å². The van der Waals surface area contributed by atoms with Crippen LogP contribution in [0.1, 0.15) is 26.5 Å². The maximum atomic E-state index is 12.4. The Morgan fingerprint density at radius 3 is 2.35 bits per heavy atom. The van der Waals surface area contributed by atoms with Crippen LogP contribution in [0.4, 0.5) is 10.5 Å². The van der Waals surface area contributed by atoms with Crippen molar-refractivity contribution in [1.82, 2.24) is 9.78 Å². The second-order valence-corrected chi connectivity index (χ2v) is 7.43. The lowest BCUT2D eigenvalue weighted by Crippen LogP contribution is -2.20. The van der Waals surface area contributed by atoms with Crippen molar-refractivity contribution >= 4 is 23.3 Å². The highest BCUT2D eigenvalue weighted by Crippen LogP contribution is 2.19. The molecule has 2 aromatic carbocycles. The number of carbonyl (C=O) groups excluding carboxylic acids is 1. The molecule has 0 saturated carbocycles. The summed E-state index contributed by atoms with van der Waals surface area (Å²) in [6, 6.07) is 18.1. The predicted molar refractivity (Wildman–Crippen MR) is 105 cm³/mol. The molecule has 0 atom stereocenters. The van der Waals surface area contributed by atoms with E-state index in [9.17, 15) is 4.79 Å². The molecule has 2 N–H and O–H groups in total. The van der Waals surface area contributed by atoms with Gasteiger partial charge in [-0.3, -0.25) is 5.10 Å².